The Labute approximate surface area is 136 Å². The number of hydrogen-bond acceptors (Lipinski definition) is 0. The lowest BCUT2D eigenvalue weighted by Gasteiger charge is -2.42. The van der Waals surface area contributed by atoms with E-state index in [2.05, 4.69) is 0 Å². The summed E-state index contributed by atoms with van der Waals surface area (Å²) < 4.78 is 215. The molecule has 0 aliphatic carbocycles. The van der Waals surface area contributed by atoms with Gasteiger partial charge in [0.1, 0.15) is 0 Å². The molecule has 27 heavy (non-hydrogen) atoms. The molecule has 0 saturated carbocycles. The van der Waals surface area contributed by atoms with E-state index in [1.54, 1.807) is 6.58 Å². The fourth-order valence-electron chi connectivity index (χ4n) is 1.30. The lowest BCUT2D eigenvalue weighted by atomic mass is 9.89. The van der Waals surface area contributed by atoms with Gasteiger partial charge < -0.3 is 0 Å². The Bertz CT molecular complexity index is 565. The van der Waals surface area contributed by atoms with E-state index >= 15 is 0 Å². The minimum atomic E-state index is -8.59. The molecule has 0 fully saturated rings. The summed E-state index contributed by atoms with van der Waals surface area (Å²) in [4.78, 5) is 0. The summed E-state index contributed by atoms with van der Waals surface area (Å²) in [5.41, 5.74) is 0. The van der Waals surface area contributed by atoms with Crippen molar-refractivity contribution in [2.24, 2.45) is 0 Å². The van der Waals surface area contributed by atoms with Crippen molar-refractivity contribution < 1.29 is 74.6 Å². The van der Waals surface area contributed by atoms with Crippen LogP contribution in [0.4, 0.5) is 74.6 Å². The van der Waals surface area contributed by atoms with Crippen molar-refractivity contribution in [3.63, 3.8) is 0 Å². The number of alkyl halides is 17. The lowest BCUT2D eigenvalue weighted by Crippen LogP contribution is -2.74. The van der Waals surface area contributed by atoms with Crippen LogP contribution in [0.15, 0.2) is 12.7 Å². The number of rotatable bonds is 7. The molecule has 0 aromatic heterocycles. The Morgan fingerprint density at radius 2 is 0.593 bits per heavy atom. The normalized spacial score (nSPS) is 16.5. The zero-order valence-electron chi connectivity index (χ0n) is 11.7. The first-order valence-electron chi connectivity index (χ1n) is 5.66. The summed E-state index contributed by atoms with van der Waals surface area (Å²) in [6, 6.07) is 0. The first kappa shape index (κ1) is 25.6. The summed E-state index contributed by atoms with van der Waals surface area (Å²) in [7, 11) is 0. The third-order valence-electron chi connectivity index (χ3n) is 3.00. The summed E-state index contributed by atoms with van der Waals surface area (Å²) in [6.45, 7) is 1.76. The highest BCUT2D eigenvalue weighted by molar-refractivity contribution is 5.17. The molecule has 0 nitrogen and oxygen atoms in total. The van der Waals surface area contributed by atoms with Crippen LogP contribution < -0.4 is 0 Å². The molecule has 0 heterocycles. The highest BCUT2D eigenvalue weighted by Crippen LogP contribution is 2.63. The third-order valence-corrected chi connectivity index (χ3v) is 3.00. The minimum absolute atomic E-state index is 1.50. The summed E-state index contributed by atoms with van der Waals surface area (Å²) in [5, 5.41) is 0. The Hall–Kier alpha value is -1.45. The molecule has 0 spiro atoms. The van der Waals surface area contributed by atoms with Crippen LogP contribution in [0.25, 0.3) is 0 Å². The Morgan fingerprint density at radius 3 is 0.815 bits per heavy atom. The van der Waals surface area contributed by atoms with Gasteiger partial charge >= 0.3 is 47.6 Å². The first-order chi connectivity index (χ1) is 11.3. The molecule has 0 aromatic carbocycles. The predicted octanol–water partition coefficient (Wildman–Crippen LogP) is 6.18. The van der Waals surface area contributed by atoms with Crippen LogP contribution in [-0.4, -0.2) is 47.6 Å². The van der Waals surface area contributed by atoms with Crippen molar-refractivity contribution in [1.82, 2.24) is 0 Å². The zero-order valence-corrected chi connectivity index (χ0v) is 11.7. The van der Waals surface area contributed by atoms with Gasteiger partial charge in [-0.2, -0.15) is 74.6 Å². The standard InChI is InChI=1S/C10H3F17/c1-2-3(11,12)4(13,14)5(15,16)6(17,18)7(19,20)8(21,22)9(23,24)10(25,26)27/h2H,1H2. The second kappa shape index (κ2) is 6.02. The van der Waals surface area contributed by atoms with Gasteiger partial charge in [0.25, 0.3) is 0 Å². The van der Waals surface area contributed by atoms with Crippen LogP contribution in [0.1, 0.15) is 0 Å². The molecule has 0 rings (SSSR count). The molecule has 0 saturated heterocycles. The van der Waals surface area contributed by atoms with Crippen molar-refractivity contribution in [2.45, 2.75) is 47.6 Å². The maximum absolute atomic E-state index is 13.0. The van der Waals surface area contributed by atoms with Crippen molar-refractivity contribution >= 4 is 0 Å². The molecular formula is C10H3F17. The molecule has 0 bridgehead atoms. The summed E-state index contributed by atoms with van der Waals surface area (Å²) in [5.74, 6) is -56.2. The zero-order chi connectivity index (χ0) is 22.7. The van der Waals surface area contributed by atoms with Gasteiger partial charge in [-0.3, -0.25) is 0 Å². The van der Waals surface area contributed by atoms with Gasteiger partial charge in [-0.1, -0.05) is 6.58 Å². The van der Waals surface area contributed by atoms with Crippen molar-refractivity contribution in [2.75, 3.05) is 0 Å². The van der Waals surface area contributed by atoms with Crippen LogP contribution in [0.2, 0.25) is 0 Å². The lowest BCUT2D eigenvalue weighted by molar-refractivity contribution is -0.459. The molecule has 17 heteroatoms. The van der Waals surface area contributed by atoms with E-state index in [0.29, 0.717) is 0 Å². The third kappa shape index (κ3) is 3.00. The summed E-state index contributed by atoms with van der Waals surface area (Å²) >= 11 is 0. The number of allylic oxidation sites excluding steroid dienone is 1. The Balaban J connectivity index is 6.69. The molecule has 0 N–H and O–H groups in total. The average molecular weight is 446 g/mol. The predicted molar refractivity (Wildman–Crippen MR) is 50.9 cm³/mol. The van der Waals surface area contributed by atoms with E-state index in [9.17, 15) is 74.6 Å². The van der Waals surface area contributed by atoms with Gasteiger partial charge in [0.2, 0.25) is 0 Å². The van der Waals surface area contributed by atoms with Crippen molar-refractivity contribution in [3.05, 3.63) is 12.7 Å². The molecule has 0 unspecified atom stereocenters. The quantitative estimate of drug-likeness (QED) is 0.324. The Morgan fingerprint density at radius 1 is 0.370 bits per heavy atom. The van der Waals surface area contributed by atoms with E-state index in [-0.39, 0.29) is 0 Å². The van der Waals surface area contributed by atoms with E-state index in [1.807, 2.05) is 0 Å². The van der Waals surface area contributed by atoms with Gasteiger partial charge in [-0.25, -0.2) is 0 Å². The van der Waals surface area contributed by atoms with Crippen LogP contribution >= 0.6 is 0 Å². The number of halogens is 17. The van der Waals surface area contributed by atoms with Crippen LogP contribution in [0.3, 0.4) is 0 Å². The molecule has 0 aliphatic rings. The van der Waals surface area contributed by atoms with Gasteiger partial charge in [0.05, 0.1) is 0 Å². The van der Waals surface area contributed by atoms with E-state index in [1.165, 1.54) is 0 Å². The smallest absolute Gasteiger partial charge is 0.195 e. The fraction of sp³-hybridized carbons (Fsp3) is 0.800. The first-order valence-corrected chi connectivity index (χ1v) is 5.66. The maximum Gasteiger partial charge on any atom is 0.460 e. The molecule has 0 amide bonds. The second-order valence-corrected chi connectivity index (χ2v) is 4.77. The largest absolute Gasteiger partial charge is 0.460 e. The monoisotopic (exact) mass is 446 g/mol. The highest BCUT2D eigenvalue weighted by Gasteiger charge is 2.95. The van der Waals surface area contributed by atoms with E-state index in [0.717, 1.165) is 0 Å². The van der Waals surface area contributed by atoms with Gasteiger partial charge in [0, 0.05) is 0 Å². The molecule has 162 valence electrons. The number of hydrogen-bond donors (Lipinski definition) is 0. The van der Waals surface area contributed by atoms with Gasteiger partial charge in [-0.05, 0) is 6.08 Å². The summed E-state index contributed by atoms with van der Waals surface area (Å²) in [6.07, 6.45) is -9.25. The average Bonchev–Trinajstić information content (AvgIpc) is 2.44. The Kier molecular flexibility index (Phi) is 5.70. The fourth-order valence-corrected chi connectivity index (χ4v) is 1.30. The minimum Gasteiger partial charge on any atom is -0.195 e. The van der Waals surface area contributed by atoms with Crippen LogP contribution in [-0.2, 0) is 0 Å². The second-order valence-electron chi connectivity index (χ2n) is 4.77. The molecule has 0 aliphatic heterocycles. The topological polar surface area (TPSA) is 0 Å². The van der Waals surface area contributed by atoms with Crippen LogP contribution in [0.5, 0.6) is 0 Å². The van der Waals surface area contributed by atoms with Gasteiger partial charge in [0.15, 0.2) is 0 Å². The SMILES string of the molecule is C=CC(F)(F)C(F)(F)C(F)(F)C(F)(F)C(F)(F)C(F)(F)C(F)(F)C(F)(F)F. The van der Waals surface area contributed by atoms with Gasteiger partial charge in [-0.15, -0.1) is 0 Å². The van der Waals surface area contributed by atoms with Crippen LogP contribution in [0, 0.1) is 0 Å². The molecule has 0 radical (unpaired) electrons. The van der Waals surface area contributed by atoms with E-state index < -0.39 is 53.7 Å². The highest BCUT2D eigenvalue weighted by atomic mass is 19.4. The van der Waals surface area contributed by atoms with E-state index in [4.69, 9.17) is 0 Å². The molecule has 0 atom stereocenters. The molecular weight excluding hydrogens is 443 g/mol. The van der Waals surface area contributed by atoms with Crippen molar-refractivity contribution in [3.8, 4) is 0 Å². The maximum atomic E-state index is 13.0. The van der Waals surface area contributed by atoms with Crippen molar-refractivity contribution in [1.29, 1.82) is 0 Å². The molecule has 0 aromatic rings.